The summed E-state index contributed by atoms with van der Waals surface area (Å²) in [6.45, 7) is 3.38. The standard InChI is InChI=1S/C14H22N4O3/c1-3-4-8-17(10-13(15)19)9-11-6-5-7-12(18(20)21)14(11)16-2/h5-7,16H,3-4,8-10H2,1-2H3,(H2,15,19). The molecule has 0 atom stereocenters. The molecule has 1 aromatic carbocycles. The number of nitro benzene ring substituents is 1. The molecular weight excluding hydrogens is 272 g/mol. The van der Waals surface area contributed by atoms with Crippen LogP contribution in [0.4, 0.5) is 11.4 Å². The highest BCUT2D eigenvalue weighted by Crippen LogP contribution is 2.28. The number of amides is 1. The van der Waals surface area contributed by atoms with Gasteiger partial charge in [-0.05, 0) is 18.5 Å². The van der Waals surface area contributed by atoms with E-state index < -0.39 is 10.8 Å². The summed E-state index contributed by atoms with van der Waals surface area (Å²) < 4.78 is 0. The molecule has 116 valence electrons. The zero-order valence-electron chi connectivity index (χ0n) is 12.5. The van der Waals surface area contributed by atoms with Crippen LogP contribution in [0.3, 0.4) is 0 Å². The quantitative estimate of drug-likeness (QED) is 0.533. The number of benzene rings is 1. The Labute approximate surface area is 124 Å². The number of nitrogens with zero attached hydrogens (tertiary/aromatic N) is 2. The van der Waals surface area contributed by atoms with Gasteiger partial charge >= 0.3 is 0 Å². The SMILES string of the molecule is CCCCN(CC(N)=O)Cc1cccc([N+](=O)[O-])c1NC. The Morgan fingerprint density at radius 1 is 1.48 bits per heavy atom. The van der Waals surface area contributed by atoms with Crippen molar-refractivity contribution in [1.82, 2.24) is 4.90 Å². The number of nitro groups is 1. The second-order valence-electron chi connectivity index (χ2n) is 4.85. The molecule has 0 bridgehead atoms. The second kappa shape index (κ2) is 8.21. The van der Waals surface area contributed by atoms with Gasteiger partial charge < -0.3 is 11.1 Å². The van der Waals surface area contributed by atoms with Gasteiger partial charge in [0.2, 0.25) is 5.91 Å². The number of rotatable bonds is 9. The summed E-state index contributed by atoms with van der Waals surface area (Å²) >= 11 is 0. The maximum Gasteiger partial charge on any atom is 0.292 e. The fraction of sp³-hybridized carbons (Fsp3) is 0.500. The number of hydrogen-bond acceptors (Lipinski definition) is 5. The van der Waals surface area contributed by atoms with Gasteiger partial charge in [-0.3, -0.25) is 19.8 Å². The van der Waals surface area contributed by atoms with E-state index in [-0.39, 0.29) is 12.2 Å². The third-order valence-corrected chi connectivity index (χ3v) is 3.18. The fourth-order valence-electron chi connectivity index (χ4n) is 2.22. The van der Waals surface area contributed by atoms with Crippen LogP contribution in [0.15, 0.2) is 18.2 Å². The Hall–Kier alpha value is -2.15. The van der Waals surface area contributed by atoms with Gasteiger partial charge in [0, 0.05) is 19.7 Å². The molecule has 1 aromatic rings. The average Bonchev–Trinajstić information content (AvgIpc) is 2.43. The van der Waals surface area contributed by atoms with Crippen LogP contribution in [0.1, 0.15) is 25.3 Å². The van der Waals surface area contributed by atoms with Crippen molar-refractivity contribution < 1.29 is 9.72 Å². The van der Waals surface area contributed by atoms with Gasteiger partial charge in [-0.1, -0.05) is 25.5 Å². The first-order valence-corrected chi connectivity index (χ1v) is 6.94. The maximum atomic E-state index is 11.1. The van der Waals surface area contributed by atoms with E-state index in [4.69, 9.17) is 5.73 Å². The molecule has 0 fully saturated rings. The first-order chi connectivity index (χ1) is 9.99. The third kappa shape index (κ3) is 5.03. The minimum absolute atomic E-state index is 0.0320. The van der Waals surface area contributed by atoms with E-state index in [2.05, 4.69) is 12.2 Å². The normalized spacial score (nSPS) is 10.6. The van der Waals surface area contributed by atoms with Gasteiger partial charge in [0.1, 0.15) is 5.69 Å². The number of anilines is 1. The zero-order valence-corrected chi connectivity index (χ0v) is 12.5. The second-order valence-corrected chi connectivity index (χ2v) is 4.85. The minimum Gasteiger partial charge on any atom is -0.382 e. The highest BCUT2D eigenvalue weighted by atomic mass is 16.6. The Morgan fingerprint density at radius 2 is 2.19 bits per heavy atom. The van der Waals surface area contributed by atoms with Gasteiger partial charge in [-0.25, -0.2) is 0 Å². The molecule has 0 aliphatic rings. The highest BCUT2D eigenvalue weighted by Gasteiger charge is 2.18. The first kappa shape index (κ1) is 16.9. The van der Waals surface area contributed by atoms with Crippen LogP contribution in [-0.2, 0) is 11.3 Å². The molecule has 0 radical (unpaired) electrons. The lowest BCUT2D eigenvalue weighted by molar-refractivity contribution is -0.384. The van der Waals surface area contributed by atoms with Crippen LogP contribution in [0.25, 0.3) is 0 Å². The first-order valence-electron chi connectivity index (χ1n) is 6.94. The zero-order chi connectivity index (χ0) is 15.8. The summed E-state index contributed by atoms with van der Waals surface area (Å²) in [5.41, 5.74) is 6.56. The molecule has 21 heavy (non-hydrogen) atoms. The van der Waals surface area contributed by atoms with Crippen LogP contribution in [0, 0.1) is 10.1 Å². The smallest absolute Gasteiger partial charge is 0.292 e. The number of primary amides is 1. The number of para-hydroxylation sites is 1. The maximum absolute atomic E-state index is 11.1. The lowest BCUT2D eigenvalue weighted by Gasteiger charge is -2.21. The van der Waals surface area contributed by atoms with Crippen LogP contribution in [-0.4, -0.2) is 35.9 Å². The van der Waals surface area contributed by atoms with E-state index in [0.717, 1.165) is 24.9 Å². The van der Waals surface area contributed by atoms with Crippen molar-refractivity contribution in [1.29, 1.82) is 0 Å². The molecule has 7 nitrogen and oxygen atoms in total. The highest BCUT2D eigenvalue weighted by molar-refractivity contribution is 5.76. The van der Waals surface area contributed by atoms with E-state index in [1.165, 1.54) is 6.07 Å². The number of nitrogens with two attached hydrogens (primary N) is 1. The van der Waals surface area contributed by atoms with Gasteiger partial charge in [0.15, 0.2) is 0 Å². The summed E-state index contributed by atoms with van der Waals surface area (Å²) in [7, 11) is 1.65. The molecule has 0 saturated carbocycles. The number of carbonyl (C=O) groups is 1. The summed E-state index contributed by atoms with van der Waals surface area (Å²) in [5.74, 6) is -0.400. The third-order valence-electron chi connectivity index (χ3n) is 3.18. The molecule has 0 heterocycles. The monoisotopic (exact) mass is 294 g/mol. The lowest BCUT2D eigenvalue weighted by Crippen LogP contribution is -2.34. The Morgan fingerprint density at radius 3 is 2.71 bits per heavy atom. The van der Waals surface area contributed by atoms with E-state index >= 15 is 0 Å². The van der Waals surface area contributed by atoms with Gasteiger partial charge in [0.05, 0.1) is 11.5 Å². The summed E-state index contributed by atoms with van der Waals surface area (Å²) in [6, 6.07) is 4.93. The van der Waals surface area contributed by atoms with Gasteiger partial charge in [-0.2, -0.15) is 0 Å². The molecule has 1 rings (SSSR count). The van der Waals surface area contributed by atoms with Crippen molar-refractivity contribution in [3.05, 3.63) is 33.9 Å². The van der Waals surface area contributed by atoms with Crippen LogP contribution in [0.2, 0.25) is 0 Å². The summed E-state index contributed by atoms with van der Waals surface area (Å²) in [4.78, 5) is 23.7. The van der Waals surface area contributed by atoms with Crippen molar-refractivity contribution in [2.45, 2.75) is 26.3 Å². The number of carbonyl (C=O) groups excluding carboxylic acids is 1. The predicted molar refractivity (Wildman–Crippen MR) is 82.0 cm³/mol. The summed E-state index contributed by atoms with van der Waals surface area (Å²) in [5, 5.41) is 13.9. The molecule has 0 unspecified atom stereocenters. The molecule has 0 aliphatic carbocycles. The Bertz CT molecular complexity index is 505. The van der Waals surface area contributed by atoms with E-state index in [1.54, 1.807) is 13.1 Å². The van der Waals surface area contributed by atoms with Gasteiger partial charge in [-0.15, -0.1) is 0 Å². The molecule has 0 saturated heterocycles. The Kier molecular flexibility index (Phi) is 6.61. The van der Waals surface area contributed by atoms with E-state index in [1.807, 2.05) is 11.0 Å². The summed E-state index contributed by atoms with van der Waals surface area (Å²) in [6.07, 6.45) is 1.94. The number of hydrogen-bond donors (Lipinski definition) is 2. The number of nitrogens with one attached hydrogen (secondary N) is 1. The Balaban J connectivity index is 2.99. The molecular formula is C14H22N4O3. The number of unbranched alkanes of at least 4 members (excludes halogenated alkanes) is 1. The molecule has 1 amide bonds. The van der Waals surface area contributed by atoms with E-state index in [0.29, 0.717) is 12.2 Å². The molecule has 7 heteroatoms. The molecule has 3 N–H and O–H groups in total. The van der Waals surface area contributed by atoms with Crippen LogP contribution >= 0.6 is 0 Å². The molecule has 0 aromatic heterocycles. The van der Waals surface area contributed by atoms with Crippen molar-refractivity contribution in [2.24, 2.45) is 5.73 Å². The van der Waals surface area contributed by atoms with Gasteiger partial charge in [0.25, 0.3) is 5.69 Å². The van der Waals surface area contributed by atoms with Crippen molar-refractivity contribution in [2.75, 3.05) is 25.5 Å². The van der Waals surface area contributed by atoms with Crippen LogP contribution in [0.5, 0.6) is 0 Å². The minimum atomic E-state index is -0.417. The van der Waals surface area contributed by atoms with Crippen LogP contribution < -0.4 is 11.1 Å². The lowest BCUT2D eigenvalue weighted by atomic mass is 10.1. The average molecular weight is 294 g/mol. The topological polar surface area (TPSA) is 102 Å². The van der Waals surface area contributed by atoms with Crippen molar-refractivity contribution >= 4 is 17.3 Å². The van der Waals surface area contributed by atoms with E-state index in [9.17, 15) is 14.9 Å². The van der Waals surface area contributed by atoms with Crippen molar-refractivity contribution in [3.8, 4) is 0 Å². The molecule has 0 aliphatic heterocycles. The fourth-order valence-corrected chi connectivity index (χ4v) is 2.22. The largest absolute Gasteiger partial charge is 0.382 e. The predicted octanol–water partition coefficient (Wildman–Crippen LogP) is 1.72. The van der Waals surface area contributed by atoms with Crippen molar-refractivity contribution in [3.63, 3.8) is 0 Å². The molecule has 0 spiro atoms.